The van der Waals surface area contributed by atoms with E-state index in [0.29, 0.717) is 32.7 Å². The molecule has 4 rings (SSSR count). The van der Waals surface area contributed by atoms with Crippen LogP contribution in [0.3, 0.4) is 0 Å². The van der Waals surface area contributed by atoms with Crippen molar-refractivity contribution < 1.29 is 8.42 Å². The summed E-state index contributed by atoms with van der Waals surface area (Å²) in [6, 6.07) is 1.98. The summed E-state index contributed by atoms with van der Waals surface area (Å²) in [5.41, 5.74) is 0.529. The Hall–Kier alpha value is -1.71. The summed E-state index contributed by atoms with van der Waals surface area (Å²) in [4.78, 5) is 14.0. The second-order valence-corrected chi connectivity index (χ2v) is 8.60. The number of nitrogens with zero attached hydrogens (tertiary/aromatic N) is 5. The van der Waals surface area contributed by atoms with Crippen LogP contribution in [0.2, 0.25) is 0 Å². The minimum absolute atomic E-state index is 0.284. The zero-order valence-electron chi connectivity index (χ0n) is 14.6. The molecule has 25 heavy (non-hydrogen) atoms. The Morgan fingerprint density at radius 1 is 1.24 bits per heavy atom. The number of anilines is 1. The van der Waals surface area contributed by atoms with Crippen molar-refractivity contribution in [1.82, 2.24) is 23.6 Å². The van der Waals surface area contributed by atoms with Gasteiger partial charge in [0.25, 0.3) is 10.2 Å². The number of hydrogen-bond acceptors (Lipinski definition) is 5. The van der Waals surface area contributed by atoms with E-state index in [2.05, 4.69) is 19.9 Å². The number of rotatable bonds is 5. The normalized spacial score (nSPS) is 20.7. The van der Waals surface area contributed by atoms with E-state index in [9.17, 15) is 8.42 Å². The second kappa shape index (κ2) is 5.93. The van der Waals surface area contributed by atoms with Crippen molar-refractivity contribution in [2.45, 2.75) is 32.2 Å². The highest BCUT2D eigenvalue weighted by Crippen LogP contribution is 2.47. The number of hydrogen-bond donors (Lipinski definition) is 1. The zero-order valence-corrected chi connectivity index (χ0v) is 15.5. The van der Waals surface area contributed by atoms with E-state index in [1.165, 1.54) is 0 Å². The molecule has 2 fully saturated rings. The molecule has 2 aromatic rings. The van der Waals surface area contributed by atoms with Crippen molar-refractivity contribution in [2.24, 2.45) is 0 Å². The van der Waals surface area contributed by atoms with Crippen molar-refractivity contribution >= 4 is 27.1 Å². The summed E-state index contributed by atoms with van der Waals surface area (Å²) in [5, 5.41) is 0.985. The average molecular weight is 364 g/mol. The van der Waals surface area contributed by atoms with Gasteiger partial charge >= 0.3 is 0 Å². The lowest BCUT2D eigenvalue weighted by Gasteiger charge is -2.43. The van der Waals surface area contributed by atoms with E-state index in [4.69, 9.17) is 0 Å². The third-order valence-corrected chi connectivity index (χ3v) is 7.65. The van der Waals surface area contributed by atoms with E-state index in [1.807, 2.05) is 26.1 Å². The molecule has 1 saturated carbocycles. The maximum Gasteiger partial charge on any atom is 0.282 e. The highest BCUT2D eigenvalue weighted by Gasteiger charge is 2.56. The highest BCUT2D eigenvalue weighted by molar-refractivity contribution is 7.86. The van der Waals surface area contributed by atoms with Gasteiger partial charge in [-0.2, -0.15) is 17.0 Å². The number of piperazine rings is 1. The smallest absolute Gasteiger partial charge is 0.282 e. The van der Waals surface area contributed by atoms with Crippen LogP contribution in [0.25, 0.3) is 11.0 Å². The molecule has 0 aromatic carbocycles. The lowest BCUT2D eigenvalue weighted by Crippen LogP contribution is -2.60. The molecule has 1 aliphatic carbocycles. The predicted octanol–water partition coefficient (Wildman–Crippen LogP) is 1.20. The fraction of sp³-hybridized carbons (Fsp3) is 0.625. The third kappa shape index (κ3) is 2.61. The first-order chi connectivity index (χ1) is 12.0. The Bertz CT molecular complexity index is 872. The second-order valence-electron chi connectivity index (χ2n) is 6.75. The van der Waals surface area contributed by atoms with E-state index >= 15 is 0 Å². The van der Waals surface area contributed by atoms with Gasteiger partial charge in [0, 0.05) is 38.9 Å². The van der Waals surface area contributed by atoms with Gasteiger partial charge in [-0.1, -0.05) is 13.8 Å². The monoisotopic (exact) mass is 364 g/mol. The van der Waals surface area contributed by atoms with Crippen LogP contribution in [0.5, 0.6) is 0 Å². The number of aromatic nitrogens is 3. The summed E-state index contributed by atoms with van der Waals surface area (Å²) < 4.78 is 29.3. The Labute approximate surface area is 148 Å². The van der Waals surface area contributed by atoms with E-state index < -0.39 is 10.2 Å². The lowest BCUT2D eigenvalue weighted by atomic mass is 10.2. The van der Waals surface area contributed by atoms with Gasteiger partial charge < -0.3 is 9.88 Å². The molecule has 2 aromatic heterocycles. The lowest BCUT2D eigenvalue weighted by molar-refractivity contribution is 0.247. The molecule has 1 spiro atoms. The van der Waals surface area contributed by atoms with Crippen molar-refractivity contribution in [3.8, 4) is 0 Å². The average Bonchev–Trinajstić information content (AvgIpc) is 3.18. The van der Waals surface area contributed by atoms with Crippen LogP contribution in [0.1, 0.15) is 26.7 Å². The number of aromatic amines is 1. The van der Waals surface area contributed by atoms with Crippen molar-refractivity contribution in [2.75, 3.05) is 37.6 Å². The summed E-state index contributed by atoms with van der Waals surface area (Å²) >= 11 is 0. The molecule has 0 radical (unpaired) electrons. The first-order valence-corrected chi connectivity index (χ1v) is 10.2. The van der Waals surface area contributed by atoms with Crippen LogP contribution in [0, 0.1) is 0 Å². The molecule has 0 atom stereocenters. The molecule has 0 bridgehead atoms. The molecule has 1 saturated heterocycles. The topological polar surface area (TPSA) is 85.4 Å². The molecule has 1 aliphatic heterocycles. The molecule has 9 heteroatoms. The van der Waals surface area contributed by atoms with E-state index in [-0.39, 0.29) is 5.54 Å². The minimum atomic E-state index is -3.41. The number of nitrogens with one attached hydrogen (secondary N) is 1. The van der Waals surface area contributed by atoms with E-state index in [0.717, 1.165) is 29.7 Å². The summed E-state index contributed by atoms with van der Waals surface area (Å²) in [6.07, 6.45) is 5.24. The van der Waals surface area contributed by atoms with Crippen LogP contribution < -0.4 is 4.90 Å². The standard InChI is InChI=1S/C16H24N6O2S/c1-3-21(4-2)25(23,24)22-10-9-20(11-16(22)6-7-16)15-13-5-8-17-14(13)18-12-19-15/h5,8,12H,3-4,6-7,9-11H2,1-2H3,(H,17,18,19). The van der Waals surface area contributed by atoms with Crippen molar-refractivity contribution in [1.29, 1.82) is 0 Å². The minimum Gasteiger partial charge on any atom is -0.353 e. The van der Waals surface area contributed by atoms with Gasteiger partial charge in [-0.25, -0.2) is 9.97 Å². The van der Waals surface area contributed by atoms with Crippen LogP contribution in [0.4, 0.5) is 5.82 Å². The zero-order chi connectivity index (χ0) is 17.7. The fourth-order valence-electron chi connectivity index (χ4n) is 3.85. The Morgan fingerprint density at radius 2 is 2.00 bits per heavy atom. The van der Waals surface area contributed by atoms with Gasteiger partial charge in [0.1, 0.15) is 17.8 Å². The maximum atomic E-state index is 13.0. The first kappa shape index (κ1) is 16.7. The molecule has 136 valence electrons. The van der Waals surface area contributed by atoms with Crippen LogP contribution in [-0.4, -0.2) is 70.2 Å². The Morgan fingerprint density at radius 3 is 2.68 bits per heavy atom. The van der Waals surface area contributed by atoms with Crippen LogP contribution in [0.15, 0.2) is 18.6 Å². The highest BCUT2D eigenvalue weighted by atomic mass is 32.2. The van der Waals surface area contributed by atoms with Gasteiger partial charge in [-0.15, -0.1) is 0 Å². The molecule has 2 aliphatic rings. The summed E-state index contributed by atoms with van der Waals surface area (Å²) in [5.74, 6) is 0.886. The molecule has 3 heterocycles. The van der Waals surface area contributed by atoms with Crippen molar-refractivity contribution in [3.05, 3.63) is 18.6 Å². The molecule has 1 N–H and O–H groups in total. The summed E-state index contributed by atoms with van der Waals surface area (Å²) in [7, 11) is -3.41. The van der Waals surface area contributed by atoms with Gasteiger partial charge in [0.05, 0.1) is 10.9 Å². The van der Waals surface area contributed by atoms with Crippen LogP contribution in [-0.2, 0) is 10.2 Å². The number of fused-ring (bicyclic) bond motifs is 1. The molecular formula is C16H24N6O2S. The van der Waals surface area contributed by atoms with Gasteiger partial charge in [-0.05, 0) is 18.9 Å². The van der Waals surface area contributed by atoms with Crippen LogP contribution >= 0.6 is 0 Å². The third-order valence-electron chi connectivity index (χ3n) is 5.36. The van der Waals surface area contributed by atoms with E-state index in [1.54, 1.807) is 14.9 Å². The molecular weight excluding hydrogens is 340 g/mol. The Kier molecular flexibility index (Phi) is 3.97. The molecule has 0 amide bonds. The van der Waals surface area contributed by atoms with Gasteiger partial charge in [0.2, 0.25) is 0 Å². The maximum absolute atomic E-state index is 13.0. The van der Waals surface area contributed by atoms with Gasteiger partial charge in [0.15, 0.2) is 0 Å². The molecule has 8 nitrogen and oxygen atoms in total. The van der Waals surface area contributed by atoms with Crippen molar-refractivity contribution in [3.63, 3.8) is 0 Å². The SMILES string of the molecule is CCN(CC)S(=O)(=O)N1CCN(c2ncnc3[nH]ccc23)CC12CC2. The quantitative estimate of drug-likeness (QED) is 0.862. The Balaban J connectivity index is 1.63. The summed E-state index contributed by atoms with van der Waals surface area (Å²) in [6.45, 7) is 6.61. The first-order valence-electron chi connectivity index (χ1n) is 8.83. The fourth-order valence-corrected chi connectivity index (χ4v) is 5.83. The molecule has 0 unspecified atom stereocenters. The largest absolute Gasteiger partial charge is 0.353 e. The number of H-pyrrole nitrogens is 1. The predicted molar refractivity (Wildman–Crippen MR) is 96.6 cm³/mol. The van der Waals surface area contributed by atoms with Gasteiger partial charge in [-0.3, -0.25) is 0 Å².